The summed E-state index contributed by atoms with van der Waals surface area (Å²) in [6.45, 7) is 12.4. The van der Waals surface area contributed by atoms with Gasteiger partial charge in [-0.05, 0) is 60.7 Å². The third-order valence-electron chi connectivity index (χ3n) is 6.49. The molecule has 0 saturated carbocycles. The van der Waals surface area contributed by atoms with E-state index in [-0.39, 0.29) is 12.1 Å². The molecule has 0 amide bonds. The van der Waals surface area contributed by atoms with Gasteiger partial charge in [-0.25, -0.2) is 4.68 Å². The summed E-state index contributed by atoms with van der Waals surface area (Å²) in [7, 11) is 0. The van der Waals surface area contributed by atoms with Crippen LogP contribution in [0.5, 0.6) is 0 Å². The van der Waals surface area contributed by atoms with Crippen molar-refractivity contribution in [2.24, 2.45) is 0 Å². The molecule has 0 radical (unpaired) electrons. The first kappa shape index (κ1) is 20.3. The van der Waals surface area contributed by atoms with Crippen molar-refractivity contribution in [3.05, 3.63) is 35.2 Å². The van der Waals surface area contributed by atoms with Gasteiger partial charge in [-0.2, -0.15) is 0 Å². The average Bonchev–Trinajstić information content (AvgIpc) is 3.41. The lowest BCUT2D eigenvalue weighted by atomic mass is 10.1. The molecule has 2 atom stereocenters. The maximum Gasteiger partial charge on any atom is 0.168 e. The van der Waals surface area contributed by atoms with Crippen molar-refractivity contribution in [2.75, 3.05) is 37.7 Å². The number of tetrazole rings is 1. The fraction of sp³-hybridized carbons (Fsp3) is 0.682. The van der Waals surface area contributed by atoms with Crippen molar-refractivity contribution < 1.29 is 4.74 Å². The molecule has 158 valence electrons. The molecular weight excluding hydrogens is 364 g/mol. The van der Waals surface area contributed by atoms with Gasteiger partial charge in [0, 0.05) is 38.5 Å². The van der Waals surface area contributed by atoms with Crippen LogP contribution in [0.2, 0.25) is 0 Å². The number of nitrogens with zero attached hydrogens (tertiary/aromatic N) is 6. The van der Waals surface area contributed by atoms with Gasteiger partial charge in [0.2, 0.25) is 0 Å². The van der Waals surface area contributed by atoms with E-state index in [1.165, 1.54) is 16.8 Å². The minimum absolute atomic E-state index is 0.251. The fourth-order valence-corrected chi connectivity index (χ4v) is 4.66. The minimum atomic E-state index is 0.251. The number of ether oxygens (including phenoxy) is 1. The summed E-state index contributed by atoms with van der Waals surface area (Å²) in [5.74, 6) is 1.00. The molecule has 1 aromatic carbocycles. The maximum atomic E-state index is 5.81. The third kappa shape index (κ3) is 4.46. The molecule has 1 aromatic heterocycles. The number of hydrogen-bond donors (Lipinski definition) is 0. The first-order valence-corrected chi connectivity index (χ1v) is 11.1. The summed E-state index contributed by atoms with van der Waals surface area (Å²) in [5.41, 5.74) is 4.13. The lowest BCUT2D eigenvalue weighted by Gasteiger charge is -2.40. The molecule has 3 heterocycles. The Hall–Kier alpha value is -1.99. The number of aromatic nitrogens is 4. The predicted molar refractivity (Wildman–Crippen MR) is 114 cm³/mol. The number of piperazine rings is 1. The number of aryl methyl sites for hydroxylation is 1. The van der Waals surface area contributed by atoms with Crippen LogP contribution >= 0.6 is 0 Å². The largest absolute Gasteiger partial charge is 0.376 e. The Morgan fingerprint density at radius 2 is 2.00 bits per heavy atom. The van der Waals surface area contributed by atoms with Crippen LogP contribution in [0.1, 0.15) is 55.6 Å². The summed E-state index contributed by atoms with van der Waals surface area (Å²) in [6, 6.07) is 6.89. The standard InChI is InChI=1S/C22H34N6O/c1-4-7-21(22-23-24-25-28(22)16-19-9-6-15-29-19)27-13-11-26(12-14-27)20-10-5-8-17(2)18(20)3/h5,8,10,19,21H,4,6-7,9,11-16H2,1-3H3/t19-,21+/m0/s1. The highest BCUT2D eigenvalue weighted by Gasteiger charge is 2.30. The van der Waals surface area contributed by atoms with Crippen LogP contribution in [-0.4, -0.2) is 64.0 Å². The van der Waals surface area contributed by atoms with Crippen LogP contribution in [0.25, 0.3) is 0 Å². The first-order valence-electron chi connectivity index (χ1n) is 11.1. The van der Waals surface area contributed by atoms with Crippen LogP contribution in [-0.2, 0) is 11.3 Å². The molecule has 7 heteroatoms. The molecule has 0 aliphatic carbocycles. The summed E-state index contributed by atoms with van der Waals surface area (Å²) in [4.78, 5) is 5.10. The monoisotopic (exact) mass is 398 g/mol. The van der Waals surface area contributed by atoms with Crippen molar-refractivity contribution in [1.29, 1.82) is 0 Å². The Kier molecular flexibility index (Phi) is 6.45. The Morgan fingerprint density at radius 1 is 1.17 bits per heavy atom. The molecule has 2 saturated heterocycles. The second kappa shape index (κ2) is 9.22. The van der Waals surface area contributed by atoms with Gasteiger partial charge in [0.25, 0.3) is 0 Å². The Balaban J connectivity index is 1.45. The van der Waals surface area contributed by atoms with Gasteiger partial charge >= 0.3 is 0 Å². The summed E-state index contributed by atoms with van der Waals surface area (Å²) < 4.78 is 7.81. The van der Waals surface area contributed by atoms with E-state index in [2.05, 4.69) is 64.3 Å². The Bertz CT molecular complexity index is 792. The van der Waals surface area contributed by atoms with E-state index in [1.807, 2.05) is 4.68 Å². The molecule has 7 nitrogen and oxygen atoms in total. The third-order valence-corrected chi connectivity index (χ3v) is 6.49. The molecule has 4 rings (SSSR count). The molecule has 0 spiro atoms. The summed E-state index contributed by atoms with van der Waals surface area (Å²) in [5, 5.41) is 12.8. The van der Waals surface area contributed by atoms with E-state index in [9.17, 15) is 0 Å². The number of benzene rings is 1. The van der Waals surface area contributed by atoms with Gasteiger partial charge in [0.15, 0.2) is 5.82 Å². The molecule has 2 aliphatic heterocycles. The first-order chi connectivity index (χ1) is 14.2. The number of rotatable bonds is 7. The van der Waals surface area contributed by atoms with Gasteiger partial charge < -0.3 is 9.64 Å². The highest BCUT2D eigenvalue weighted by atomic mass is 16.5. The topological polar surface area (TPSA) is 59.3 Å². The van der Waals surface area contributed by atoms with Crippen LogP contribution < -0.4 is 4.90 Å². The minimum Gasteiger partial charge on any atom is -0.376 e. The van der Waals surface area contributed by atoms with E-state index in [0.29, 0.717) is 0 Å². The van der Waals surface area contributed by atoms with E-state index < -0.39 is 0 Å². The molecule has 2 aliphatic rings. The zero-order valence-corrected chi connectivity index (χ0v) is 18.0. The highest BCUT2D eigenvalue weighted by molar-refractivity contribution is 5.56. The van der Waals surface area contributed by atoms with E-state index in [1.54, 1.807) is 0 Å². The Labute approximate surface area is 174 Å². The average molecular weight is 399 g/mol. The van der Waals surface area contributed by atoms with Crippen LogP contribution in [0.15, 0.2) is 18.2 Å². The summed E-state index contributed by atoms with van der Waals surface area (Å²) in [6.07, 6.45) is 4.69. The molecule has 29 heavy (non-hydrogen) atoms. The molecule has 0 N–H and O–H groups in total. The van der Waals surface area contributed by atoms with Crippen LogP contribution in [0, 0.1) is 13.8 Å². The van der Waals surface area contributed by atoms with Crippen molar-refractivity contribution in [2.45, 2.75) is 65.1 Å². The second-order valence-electron chi connectivity index (χ2n) is 8.40. The zero-order valence-electron chi connectivity index (χ0n) is 18.0. The lowest BCUT2D eigenvalue weighted by Crippen LogP contribution is -2.48. The highest BCUT2D eigenvalue weighted by Crippen LogP contribution is 2.29. The van der Waals surface area contributed by atoms with E-state index >= 15 is 0 Å². The predicted octanol–water partition coefficient (Wildman–Crippen LogP) is 3.13. The molecule has 2 fully saturated rings. The van der Waals surface area contributed by atoms with Crippen LogP contribution in [0.4, 0.5) is 5.69 Å². The smallest absolute Gasteiger partial charge is 0.168 e. The van der Waals surface area contributed by atoms with E-state index in [4.69, 9.17) is 4.74 Å². The quantitative estimate of drug-likeness (QED) is 0.714. The normalized spacial score (nSPS) is 21.6. The van der Waals surface area contributed by atoms with Crippen molar-refractivity contribution in [1.82, 2.24) is 25.1 Å². The van der Waals surface area contributed by atoms with Gasteiger partial charge in [-0.15, -0.1) is 5.10 Å². The second-order valence-corrected chi connectivity index (χ2v) is 8.40. The number of hydrogen-bond acceptors (Lipinski definition) is 6. The van der Waals surface area contributed by atoms with Crippen molar-refractivity contribution in [3.63, 3.8) is 0 Å². The van der Waals surface area contributed by atoms with Crippen LogP contribution in [0.3, 0.4) is 0 Å². The van der Waals surface area contributed by atoms with Gasteiger partial charge in [-0.3, -0.25) is 4.90 Å². The zero-order chi connectivity index (χ0) is 20.2. The molecule has 0 bridgehead atoms. The fourth-order valence-electron chi connectivity index (χ4n) is 4.66. The SMILES string of the molecule is CCC[C@H](c1nnnn1C[C@@H]1CCCO1)N1CCN(c2cccc(C)c2C)CC1. The van der Waals surface area contributed by atoms with Gasteiger partial charge in [0.1, 0.15) is 0 Å². The van der Waals surface area contributed by atoms with E-state index in [0.717, 1.165) is 70.8 Å². The Morgan fingerprint density at radius 3 is 2.72 bits per heavy atom. The summed E-state index contributed by atoms with van der Waals surface area (Å²) >= 11 is 0. The number of anilines is 1. The molecule has 2 aromatic rings. The van der Waals surface area contributed by atoms with Gasteiger partial charge in [-0.1, -0.05) is 25.5 Å². The van der Waals surface area contributed by atoms with Crippen molar-refractivity contribution >= 4 is 5.69 Å². The lowest BCUT2D eigenvalue weighted by molar-refractivity contribution is 0.0891. The van der Waals surface area contributed by atoms with Crippen molar-refractivity contribution in [3.8, 4) is 0 Å². The maximum absolute atomic E-state index is 5.81. The van der Waals surface area contributed by atoms with Gasteiger partial charge in [0.05, 0.1) is 18.7 Å². The molecule has 0 unspecified atom stereocenters. The molecular formula is C22H34N6O.